The third-order valence-corrected chi connectivity index (χ3v) is 4.14. The Morgan fingerprint density at radius 2 is 2.08 bits per heavy atom. The topological polar surface area (TPSA) is 85.9 Å². The Labute approximate surface area is 154 Å². The van der Waals surface area contributed by atoms with Gasteiger partial charge in [0.05, 0.1) is 18.2 Å². The predicted octanol–water partition coefficient (Wildman–Crippen LogP) is 2.47. The molecular formula is C19H28N2O5. The van der Waals surface area contributed by atoms with Crippen LogP contribution in [-0.4, -0.2) is 44.5 Å². The van der Waals surface area contributed by atoms with Crippen LogP contribution in [0.25, 0.3) is 0 Å². The first-order chi connectivity index (χ1) is 12.2. The van der Waals surface area contributed by atoms with Gasteiger partial charge in [-0.25, -0.2) is 9.59 Å². The summed E-state index contributed by atoms with van der Waals surface area (Å²) in [6.45, 7) is 9.23. The van der Waals surface area contributed by atoms with E-state index in [0.29, 0.717) is 18.7 Å². The van der Waals surface area contributed by atoms with Crippen molar-refractivity contribution in [3.63, 3.8) is 0 Å². The molecule has 26 heavy (non-hydrogen) atoms. The fourth-order valence-corrected chi connectivity index (χ4v) is 2.84. The zero-order valence-electron chi connectivity index (χ0n) is 16.1. The Hall–Kier alpha value is -2.12. The molecule has 0 saturated heterocycles. The highest BCUT2D eigenvalue weighted by Crippen LogP contribution is 2.29. The molecule has 0 bridgehead atoms. The van der Waals surface area contributed by atoms with Gasteiger partial charge >= 0.3 is 12.1 Å². The molecule has 0 spiro atoms. The number of rotatable bonds is 7. The molecule has 1 aliphatic rings. The summed E-state index contributed by atoms with van der Waals surface area (Å²) in [7, 11) is 1.63. The highest BCUT2D eigenvalue weighted by Gasteiger charge is 2.26. The highest BCUT2D eigenvalue weighted by atomic mass is 16.5. The number of esters is 1. The van der Waals surface area contributed by atoms with E-state index in [1.807, 2.05) is 33.8 Å². The maximum Gasteiger partial charge on any atom is 0.407 e. The second-order valence-corrected chi connectivity index (χ2v) is 7.36. The van der Waals surface area contributed by atoms with E-state index in [1.54, 1.807) is 13.2 Å². The van der Waals surface area contributed by atoms with Gasteiger partial charge in [0.2, 0.25) is 0 Å². The molecule has 1 aromatic rings. The van der Waals surface area contributed by atoms with Crippen LogP contribution in [-0.2, 0) is 20.8 Å². The summed E-state index contributed by atoms with van der Waals surface area (Å²) in [5.41, 5.74) is 3.08. The minimum Gasteiger partial charge on any atom is -0.457 e. The van der Waals surface area contributed by atoms with Gasteiger partial charge in [-0.15, -0.1) is 0 Å². The summed E-state index contributed by atoms with van der Waals surface area (Å²) in [4.78, 5) is 23.7. The Bertz CT molecular complexity index is 667. The third kappa shape index (κ3) is 5.19. The first kappa shape index (κ1) is 20.2. The van der Waals surface area contributed by atoms with Crippen molar-refractivity contribution in [2.24, 2.45) is 0 Å². The van der Waals surface area contributed by atoms with Crippen molar-refractivity contribution in [2.75, 3.05) is 26.9 Å². The number of methoxy groups -OCH3 is 1. The Morgan fingerprint density at radius 3 is 2.73 bits per heavy atom. The molecule has 1 aromatic carbocycles. The first-order valence-electron chi connectivity index (χ1n) is 8.69. The van der Waals surface area contributed by atoms with E-state index < -0.39 is 6.09 Å². The van der Waals surface area contributed by atoms with Gasteiger partial charge in [0.25, 0.3) is 0 Å². The molecule has 7 nitrogen and oxygen atoms in total. The zero-order chi connectivity index (χ0) is 19.3. The van der Waals surface area contributed by atoms with Crippen LogP contribution in [0.2, 0.25) is 0 Å². The number of hydrogen-bond donors (Lipinski definition) is 2. The molecule has 0 unspecified atom stereocenters. The van der Waals surface area contributed by atoms with Crippen molar-refractivity contribution in [1.29, 1.82) is 0 Å². The summed E-state index contributed by atoms with van der Waals surface area (Å²) in [5.74, 6) is -0.292. The molecule has 1 atom stereocenters. The molecule has 0 fully saturated rings. The standard InChI is InChI=1S/C19H28N2O5/c1-12-13(6-7-14-15(12)10-25-17(14)22)16(20-8-9-24-5)11-26-18(23)21-19(2,3)4/h6-7,16,20H,8-11H2,1-5H3,(H,21,23)/t16-/m0/s1. The lowest BCUT2D eigenvalue weighted by atomic mass is 9.94. The predicted molar refractivity (Wildman–Crippen MR) is 97.2 cm³/mol. The normalized spacial score (nSPS) is 14.6. The molecule has 1 amide bonds. The summed E-state index contributed by atoms with van der Waals surface area (Å²) in [5, 5.41) is 6.12. The second kappa shape index (κ2) is 8.51. The quantitative estimate of drug-likeness (QED) is 0.571. The van der Waals surface area contributed by atoms with E-state index in [2.05, 4.69) is 10.6 Å². The smallest absolute Gasteiger partial charge is 0.407 e. The van der Waals surface area contributed by atoms with Gasteiger partial charge in [0, 0.05) is 24.8 Å². The van der Waals surface area contributed by atoms with Gasteiger partial charge in [-0.1, -0.05) is 6.07 Å². The van der Waals surface area contributed by atoms with E-state index in [-0.39, 0.29) is 30.8 Å². The lowest BCUT2D eigenvalue weighted by molar-refractivity contribution is 0.0534. The number of fused-ring (bicyclic) bond motifs is 1. The van der Waals surface area contributed by atoms with Crippen molar-refractivity contribution in [2.45, 2.75) is 45.9 Å². The maximum absolute atomic E-state index is 12.0. The van der Waals surface area contributed by atoms with Gasteiger partial charge in [-0.05, 0) is 44.9 Å². The van der Waals surface area contributed by atoms with Crippen LogP contribution in [0, 0.1) is 6.92 Å². The number of carbonyl (C=O) groups excluding carboxylic acids is 2. The fraction of sp³-hybridized carbons (Fsp3) is 0.579. The summed E-state index contributed by atoms with van der Waals surface area (Å²) in [6, 6.07) is 3.44. The van der Waals surface area contributed by atoms with E-state index in [4.69, 9.17) is 14.2 Å². The number of nitrogens with one attached hydrogen (secondary N) is 2. The van der Waals surface area contributed by atoms with E-state index in [1.165, 1.54) is 0 Å². The molecular weight excluding hydrogens is 336 g/mol. The highest BCUT2D eigenvalue weighted by molar-refractivity contribution is 5.94. The molecule has 0 aliphatic carbocycles. The molecule has 2 N–H and O–H groups in total. The lowest BCUT2D eigenvalue weighted by Crippen LogP contribution is -2.42. The summed E-state index contributed by atoms with van der Waals surface area (Å²) >= 11 is 0. The molecule has 0 aromatic heterocycles. The van der Waals surface area contributed by atoms with Gasteiger partial charge in [0.1, 0.15) is 13.2 Å². The van der Waals surface area contributed by atoms with Crippen molar-refractivity contribution in [3.8, 4) is 0 Å². The van der Waals surface area contributed by atoms with Crippen LogP contribution >= 0.6 is 0 Å². The number of alkyl carbamates (subject to hydrolysis) is 1. The molecule has 0 saturated carbocycles. The van der Waals surface area contributed by atoms with Crippen molar-refractivity contribution < 1.29 is 23.8 Å². The van der Waals surface area contributed by atoms with Crippen LogP contribution in [0.3, 0.4) is 0 Å². The second-order valence-electron chi connectivity index (χ2n) is 7.36. The molecule has 0 radical (unpaired) electrons. The monoisotopic (exact) mass is 364 g/mol. The fourth-order valence-electron chi connectivity index (χ4n) is 2.84. The van der Waals surface area contributed by atoms with Crippen molar-refractivity contribution >= 4 is 12.1 Å². The van der Waals surface area contributed by atoms with E-state index in [0.717, 1.165) is 16.7 Å². The largest absolute Gasteiger partial charge is 0.457 e. The zero-order valence-corrected chi connectivity index (χ0v) is 16.1. The van der Waals surface area contributed by atoms with Gasteiger partial charge in [-0.2, -0.15) is 0 Å². The summed E-state index contributed by atoms with van der Waals surface area (Å²) < 4.78 is 15.6. The minimum atomic E-state index is -0.464. The summed E-state index contributed by atoms with van der Waals surface area (Å²) in [6.07, 6.45) is -0.464. The van der Waals surface area contributed by atoms with Crippen LogP contribution in [0.4, 0.5) is 4.79 Å². The minimum absolute atomic E-state index is 0.167. The van der Waals surface area contributed by atoms with Gasteiger partial charge < -0.3 is 24.8 Å². The molecule has 1 aliphatic heterocycles. The molecule has 2 rings (SSSR count). The molecule has 7 heteroatoms. The molecule has 144 valence electrons. The van der Waals surface area contributed by atoms with Crippen molar-refractivity contribution in [3.05, 3.63) is 34.4 Å². The number of amides is 1. The number of ether oxygens (including phenoxy) is 3. The molecule has 1 heterocycles. The Kier molecular flexibility index (Phi) is 6.61. The Morgan fingerprint density at radius 1 is 1.35 bits per heavy atom. The number of carbonyl (C=O) groups is 2. The van der Waals surface area contributed by atoms with Crippen LogP contribution in [0.15, 0.2) is 12.1 Å². The SMILES string of the molecule is COCCN[C@@H](COC(=O)NC(C)(C)C)c1ccc2c(c1C)COC2=O. The lowest BCUT2D eigenvalue weighted by Gasteiger charge is -2.24. The number of benzene rings is 1. The third-order valence-electron chi connectivity index (χ3n) is 4.14. The van der Waals surface area contributed by atoms with E-state index in [9.17, 15) is 9.59 Å². The van der Waals surface area contributed by atoms with E-state index >= 15 is 0 Å². The van der Waals surface area contributed by atoms with Crippen LogP contribution in [0.5, 0.6) is 0 Å². The first-order valence-corrected chi connectivity index (χ1v) is 8.69. The van der Waals surface area contributed by atoms with Gasteiger partial charge in [-0.3, -0.25) is 0 Å². The number of cyclic esters (lactones) is 1. The maximum atomic E-state index is 12.0. The van der Waals surface area contributed by atoms with Gasteiger partial charge in [0.15, 0.2) is 0 Å². The van der Waals surface area contributed by atoms with Crippen molar-refractivity contribution in [1.82, 2.24) is 10.6 Å². The Balaban J connectivity index is 2.14. The van der Waals surface area contributed by atoms with Crippen LogP contribution < -0.4 is 10.6 Å². The van der Waals surface area contributed by atoms with Crippen LogP contribution in [0.1, 0.15) is 53.9 Å². The number of hydrogen-bond acceptors (Lipinski definition) is 6. The average molecular weight is 364 g/mol. The average Bonchev–Trinajstić information content (AvgIpc) is 2.92.